The average molecular weight is 346 g/mol. The Bertz CT molecular complexity index is 819. The van der Waals surface area contributed by atoms with E-state index in [0.717, 1.165) is 17.1 Å². The summed E-state index contributed by atoms with van der Waals surface area (Å²) >= 11 is 6.02. The fourth-order valence-corrected chi connectivity index (χ4v) is 2.36. The molecule has 0 atom stereocenters. The maximum atomic E-state index is 6.02. The summed E-state index contributed by atoms with van der Waals surface area (Å²) in [5, 5.41) is 14.8. The van der Waals surface area contributed by atoms with Gasteiger partial charge in [0, 0.05) is 7.05 Å². The Morgan fingerprint density at radius 3 is 2.71 bits per heavy atom. The lowest BCUT2D eigenvalue weighted by Gasteiger charge is -2.09. The number of anilines is 2. The number of hydrogen-bond acceptors (Lipinski definition) is 7. The Morgan fingerprint density at radius 1 is 1.21 bits per heavy atom. The van der Waals surface area contributed by atoms with Gasteiger partial charge in [0.15, 0.2) is 11.0 Å². The Hall–Kier alpha value is -2.87. The van der Waals surface area contributed by atoms with Gasteiger partial charge >= 0.3 is 0 Å². The van der Waals surface area contributed by atoms with Crippen molar-refractivity contribution in [2.45, 2.75) is 6.54 Å². The highest BCUT2D eigenvalue weighted by atomic mass is 35.5. The summed E-state index contributed by atoms with van der Waals surface area (Å²) in [6, 6.07) is 7.57. The minimum absolute atomic E-state index is 0.358. The van der Waals surface area contributed by atoms with E-state index in [1.807, 2.05) is 30.5 Å². The van der Waals surface area contributed by atoms with Crippen LogP contribution in [0.2, 0.25) is 5.15 Å². The molecule has 3 rings (SSSR count). The molecule has 0 unspecified atom stereocenters. The summed E-state index contributed by atoms with van der Waals surface area (Å²) < 4.78 is 6.84. The zero-order valence-corrected chi connectivity index (χ0v) is 13.9. The van der Waals surface area contributed by atoms with Crippen LogP contribution in [0.4, 0.5) is 11.5 Å². The quantitative estimate of drug-likeness (QED) is 0.663. The number of ether oxygens (including phenoxy) is 1. The molecule has 0 spiro atoms. The average Bonchev–Trinajstić information content (AvgIpc) is 3.09. The Morgan fingerprint density at radius 2 is 2.00 bits per heavy atom. The summed E-state index contributed by atoms with van der Waals surface area (Å²) in [7, 11) is 3.39. The van der Waals surface area contributed by atoms with Crippen molar-refractivity contribution in [1.29, 1.82) is 0 Å². The van der Waals surface area contributed by atoms with Gasteiger partial charge in [0.05, 0.1) is 25.5 Å². The van der Waals surface area contributed by atoms with Crippen molar-refractivity contribution in [3.8, 4) is 11.4 Å². The molecule has 0 aliphatic carbocycles. The number of hydrogen-bond donors (Lipinski definition) is 2. The van der Waals surface area contributed by atoms with Gasteiger partial charge in [-0.1, -0.05) is 16.8 Å². The summed E-state index contributed by atoms with van der Waals surface area (Å²) in [5.74, 6) is 1.40. The van der Waals surface area contributed by atoms with Gasteiger partial charge < -0.3 is 15.4 Å². The molecule has 9 heteroatoms. The molecule has 2 aromatic heterocycles. The van der Waals surface area contributed by atoms with E-state index in [1.165, 1.54) is 6.33 Å². The smallest absolute Gasteiger partial charge is 0.157 e. The Labute approximate surface area is 143 Å². The van der Waals surface area contributed by atoms with Gasteiger partial charge in [-0.2, -0.15) is 0 Å². The molecule has 0 bridgehead atoms. The minimum Gasteiger partial charge on any atom is -0.497 e. The molecule has 0 aliphatic rings. The van der Waals surface area contributed by atoms with E-state index in [0.29, 0.717) is 23.2 Å². The number of methoxy groups -OCH3 is 1. The summed E-state index contributed by atoms with van der Waals surface area (Å²) in [4.78, 5) is 8.10. The fraction of sp³-hybridized carbons (Fsp3) is 0.200. The van der Waals surface area contributed by atoms with Crippen LogP contribution in [-0.4, -0.2) is 39.1 Å². The maximum absolute atomic E-state index is 6.02. The molecule has 8 nitrogen and oxygen atoms in total. The zero-order chi connectivity index (χ0) is 16.9. The number of aromatic nitrogens is 5. The van der Waals surface area contributed by atoms with Gasteiger partial charge in [0.2, 0.25) is 0 Å². The second-order valence-electron chi connectivity index (χ2n) is 4.84. The molecule has 2 N–H and O–H groups in total. The highest BCUT2D eigenvalue weighted by molar-refractivity contribution is 6.32. The predicted molar refractivity (Wildman–Crippen MR) is 91.8 cm³/mol. The molecule has 24 heavy (non-hydrogen) atoms. The Balaban J connectivity index is 1.71. The van der Waals surface area contributed by atoms with Gasteiger partial charge in [-0.15, -0.1) is 5.10 Å². The van der Waals surface area contributed by atoms with Crippen LogP contribution in [0.1, 0.15) is 5.69 Å². The number of nitrogens with one attached hydrogen (secondary N) is 2. The number of benzene rings is 1. The zero-order valence-electron chi connectivity index (χ0n) is 13.2. The predicted octanol–water partition coefficient (Wildman–Crippen LogP) is 2.37. The molecule has 124 valence electrons. The molecule has 0 saturated carbocycles. The van der Waals surface area contributed by atoms with E-state index in [-0.39, 0.29) is 0 Å². The third-order valence-corrected chi connectivity index (χ3v) is 3.65. The van der Waals surface area contributed by atoms with E-state index in [4.69, 9.17) is 16.3 Å². The number of nitrogens with zero attached hydrogens (tertiary/aromatic N) is 5. The molecule has 0 fully saturated rings. The lowest BCUT2D eigenvalue weighted by Crippen LogP contribution is -2.06. The van der Waals surface area contributed by atoms with Crippen LogP contribution in [0.5, 0.6) is 5.75 Å². The van der Waals surface area contributed by atoms with E-state index in [2.05, 4.69) is 30.9 Å². The SMILES string of the molecule is CNc1c(Cl)ncnc1NCc1cn(-c2ccc(OC)cc2)nn1. The summed E-state index contributed by atoms with van der Waals surface area (Å²) in [5.41, 5.74) is 2.31. The van der Waals surface area contributed by atoms with E-state index in [9.17, 15) is 0 Å². The van der Waals surface area contributed by atoms with Crippen LogP contribution < -0.4 is 15.4 Å². The monoisotopic (exact) mass is 345 g/mol. The third-order valence-electron chi connectivity index (χ3n) is 3.37. The molecule has 0 aliphatic heterocycles. The molecule has 0 radical (unpaired) electrons. The topological polar surface area (TPSA) is 89.8 Å². The second kappa shape index (κ2) is 7.14. The van der Waals surface area contributed by atoms with Crippen LogP contribution in [0.25, 0.3) is 5.69 Å². The van der Waals surface area contributed by atoms with E-state index < -0.39 is 0 Å². The van der Waals surface area contributed by atoms with Crippen LogP contribution in [0, 0.1) is 0 Å². The molecule has 0 amide bonds. The van der Waals surface area contributed by atoms with Gasteiger partial charge in [-0.3, -0.25) is 0 Å². The number of halogens is 1. The van der Waals surface area contributed by atoms with Crippen LogP contribution in [0.15, 0.2) is 36.8 Å². The third kappa shape index (κ3) is 3.38. The maximum Gasteiger partial charge on any atom is 0.157 e. The lowest BCUT2D eigenvalue weighted by atomic mass is 10.3. The van der Waals surface area contributed by atoms with Gasteiger partial charge in [-0.25, -0.2) is 14.6 Å². The molecular weight excluding hydrogens is 330 g/mol. The largest absolute Gasteiger partial charge is 0.497 e. The normalized spacial score (nSPS) is 10.5. The van der Waals surface area contributed by atoms with Gasteiger partial charge in [0.25, 0.3) is 0 Å². The van der Waals surface area contributed by atoms with Crippen molar-refractivity contribution in [2.24, 2.45) is 0 Å². The van der Waals surface area contributed by atoms with Crippen molar-refractivity contribution >= 4 is 23.1 Å². The van der Waals surface area contributed by atoms with Crippen molar-refractivity contribution in [3.05, 3.63) is 47.6 Å². The van der Waals surface area contributed by atoms with Gasteiger partial charge in [-0.05, 0) is 24.3 Å². The number of rotatable bonds is 6. The van der Waals surface area contributed by atoms with Crippen molar-refractivity contribution in [2.75, 3.05) is 24.8 Å². The first-order valence-electron chi connectivity index (χ1n) is 7.19. The van der Waals surface area contributed by atoms with Crippen molar-refractivity contribution in [1.82, 2.24) is 25.0 Å². The second-order valence-corrected chi connectivity index (χ2v) is 5.20. The molecule has 0 saturated heterocycles. The van der Waals surface area contributed by atoms with Gasteiger partial charge in [0.1, 0.15) is 23.5 Å². The minimum atomic E-state index is 0.358. The Kier molecular flexibility index (Phi) is 4.76. The molecular formula is C15H16ClN7O. The molecule has 1 aromatic carbocycles. The summed E-state index contributed by atoms with van der Waals surface area (Å²) in [6.07, 6.45) is 3.25. The first-order chi connectivity index (χ1) is 11.7. The van der Waals surface area contributed by atoms with Crippen molar-refractivity contribution in [3.63, 3.8) is 0 Å². The highest BCUT2D eigenvalue weighted by Crippen LogP contribution is 2.25. The molecule has 3 aromatic rings. The molecule has 2 heterocycles. The van der Waals surface area contributed by atoms with E-state index >= 15 is 0 Å². The van der Waals surface area contributed by atoms with E-state index in [1.54, 1.807) is 18.8 Å². The first-order valence-corrected chi connectivity index (χ1v) is 7.57. The standard InChI is InChI=1S/C15H16ClN7O/c1-17-13-14(16)19-9-20-15(13)18-7-10-8-23(22-21-10)11-3-5-12(24-2)6-4-11/h3-6,8-9,17H,7H2,1-2H3,(H,18,19,20). The lowest BCUT2D eigenvalue weighted by molar-refractivity contribution is 0.414. The van der Waals surface area contributed by atoms with Crippen LogP contribution in [-0.2, 0) is 6.54 Å². The van der Waals surface area contributed by atoms with Crippen molar-refractivity contribution < 1.29 is 4.74 Å². The summed E-state index contributed by atoms with van der Waals surface area (Å²) in [6.45, 7) is 0.457. The van der Waals surface area contributed by atoms with Crippen LogP contribution in [0.3, 0.4) is 0 Å². The van der Waals surface area contributed by atoms with Crippen LogP contribution >= 0.6 is 11.6 Å². The first kappa shape index (κ1) is 16.0. The fourth-order valence-electron chi connectivity index (χ4n) is 2.13. The highest BCUT2D eigenvalue weighted by Gasteiger charge is 2.09.